The zero-order valence-electron chi connectivity index (χ0n) is 10.8. The summed E-state index contributed by atoms with van der Waals surface area (Å²) in [6.45, 7) is 4.05. The molecule has 94 valence electrons. The van der Waals surface area contributed by atoms with Crippen LogP contribution in [-0.2, 0) is 12.0 Å². The van der Waals surface area contributed by atoms with Crippen LogP contribution in [0.15, 0.2) is 48.5 Å². The summed E-state index contributed by atoms with van der Waals surface area (Å²) in [5, 5.41) is 0. The molecule has 1 atom stereocenters. The van der Waals surface area contributed by atoms with E-state index in [1.54, 1.807) is 12.1 Å². The van der Waals surface area contributed by atoms with Crippen molar-refractivity contribution in [2.24, 2.45) is 5.73 Å². The number of benzene rings is 2. The minimum atomic E-state index is -0.439. The summed E-state index contributed by atoms with van der Waals surface area (Å²) in [5.41, 5.74) is 9.28. The van der Waals surface area contributed by atoms with E-state index in [9.17, 15) is 4.39 Å². The molecule has 18 heavy (non-hydrogen) atoms. The van der Waals surface area contributed by atoms with Gasteiger partial charge < -0.3 is 5.73 Å². The molecule has 0 aliphatic rings. The average Bonchev–Trinajstić information content (AvgIpc) is 2.32. The number of nitrogens with two attached hydrogens (primary N) is 1. The Morgan fingerprint density at radius 3 is 2.11 bits per heavy atom. The van der Waals surface area contributed by atoms with Crippen molar-refractivity contribution < 1.29 is 4.39 Å². The van der Waals surface area contributed by atoms with E-state index in [1.807, 2.05) is 6.92 Å². The Morgan fingerprint density at radius 1 is 1.00 bits per heavy atom. The van der Waals surface area contributed by atoms with E-state index in [-0.39, 0.29) is 5.82 Å². The van der Waals surface area contributed by atoms with Crippen molar-refractivity contribution in [2.45, 2.75) is 25.8 Å². The third-order valence-corrected chi connectivity index (χ3v) is 3.20. The van der Waals surface area contributed by atoms with Gasteiger partial charge in [-0.05, 0) is 43.5 Å². The first-order valence-corrected chi connectivity index (χ1v) is 6.08. The molecule has 0 saturated heterocycles. The van der Waals surface area contributed by atoms with E-state index < -0.39 is 5.54 Å². The van der Waals surface area contributed by atoms with Gasteiger partial charge >= 0.3 is 0 Å². The van der Waals surface area contributed by atoms with Crippen molar-refractivity contribution in [1.29, 1.82) is 0 Å². The predicted octanol–water partition coefficient (Wildman–Crippen LogP) is 3.55. The van der Waals surface area contributed by atoms with Gasteiger partial charge in [-0.15, -0.1) is 0 Å². The lowest BCUT2D eigenvalue weighted by Crippen LogP contribution is -2.35. The molecule has 2 N–H and O–H groups in total. The lowest BCUT2D eigenvalue weighted by Gasteiger charge is -2.25. The molecule has 0 aliphatic heterocycles. The largest absolute Gasteiger partial charge is 0.321 e. The first-order chi connectivity index (χ1) is 8.47. The molecule has 0 radical (unpaired) electrons. The Labute approximate surface area is 107 Å². The van der Waals surface area contributed by atoms with Gasteiger partial charge in [0.25, 0.3) is 0 Å². The van der Waals surface area contributed by atoms with Crippen LogP contribution in [0.2, 0.25) is 0 Å². The molecule has 0 amide bonds. The van der Waals surface area contributed by atoms with Crippen LogP contribution < -0.4 is 5.73 Å². The molecule has 0 saturated carbocycles. The van der Waals surface area contributed by atoms with Crippen molar-refractivity contribution in [3.63, 3.8) is 0 Å². The summed E-state index contributed by atoms with van der Waals surface area (Å²) in [7, 11) is 0. The third kappa shape index (κ3) is 2.96. The van der Waals surface area contributed by atoms with Crippen molar-refractivity contribution >= 4 is 0 Å². The molecule has 0 aromatic heterocycles. The Morgan fingerprint density at radius 2 is 1.56 bits per heavy atom. The van der Waals surface area contributed by atoms with Gasteiger partial charge in [-0.2, -0.15) is 0 Å². The maximum Gasteiger partial charge on any atom is 0.123 e. The van der Waals surface area contributed by atoms with Crippen molar-refractivity contribution in [1.82, 2.24) is 0 Å². The fourth-order valence-electron chi connectivity index (χ4n) is 2.06. The highest BCUT2D eigenvalue weighted by molar-refractivity contribution is 5.30. The highest BCUT2D eigenvalue weighted by Crippen LogP contribution is 2.23. The SMILES string of the molecule is Cc1ccc(C(C)(N)Cc2ccc(F)cc2)cc1. The molecule has 1 unspecified atom stereocenters. The van der Waals surface area contributed by atoms with Crippen LogP contribution in [0.5, 0.6) is 0 Å². The quantitative estimate of drug-likeness (QED) is 0.876. The van der Waals surface area contributed by atoms with Crippen LogP contribution in [-0.4, -0.2) is 0 Å². The second-order valence-corrected chi connectivity index (χ2v) is 5.09. The van der Waals surface area contributed by atoms with Crippen LogP contribution >= 0.6 is 0 Å². The molecule has 1 nitrogen and oxygen atoms in total. The van der Waals surface area contributed by atoms with Crippen LogP contribution in [0, 0.1) is 12.7 Å². The first kappa shape index (κ1) is 12.8. The second kappa shape index (κ2) is 4.91. The monoisotopic (exact) mass is 243 g/mol. The highest BCUT2D eigenvalue weighted by atomic mass is 19.1. The van der Waals surface area contributed by atoms with Crippen LogP contribution in [0.1, 0.15) is 23.6 Å². The van der Waals surface area contributed by atoms with Gasteiger partial charge in [0.2, 0.25) is 0 Å². The van der Waals surface area contributed by atoms with Gasteiger partial charge in [0, 0.05) is 5.54 Å². The Bertz CT molecular complexity index is 512. The zero-order valence-corrected chi connectivity index (χ0v) is 10.8. The number of hydrogen-bond acceptors (Lipinski definition) is 1. The number of halogens is 1. The third-order valence-electron chi connectivity index (χ3n) is 3.20. The molecular weight excluding hydrogens is 225 g/mol. The van der Waals surface area contributed by atoms with E-state index in [2.05, 4.69) is 31.2 Å². The Hall–Kier alpha value is -1.67. The zero-order chi connectivity index (χ0) is 13.2. The minimum Gasteiger partial charge on any atom is -0.321 e. The number of hydrogen-bond donors (Lipinski definition) is 1. The molecule has 0 heterocycles. The van der Waals surface area contributed by atoms with Gasteiger partial charge in [-0.3, -0.25) is 0 Å². The lowest BCUT2D eigenvalue weighted by atomic mass is 9.86. The fourth-order valence-corrected chi connectivity index (χ4v) is 2.06. The summed E-state index contributed by atoms with van der Waals surface area (Å²) in [6, 6.07) is 14.7. The van der Waals surface area contributed by atoms with E-state index >= 15 is 0 Å². The van der Waals surface area contributed by atoms with Crippen LogP contribution in [0.25, 0.3) is 0 Å². The Balaban J connectivity index is 2.20. The lowest BCUT2D eigenvalue weighted by molar-refractivity contribution is 0.490. The molecular formula is C16H18FN. The average molecular weight is 243 g/mol. The van der Waals surface area contributed by atoms with Crippen molar-refractivity contribution in [3.8, 4) is 0 Å². The molecule has 2 aromatic rings. The van der Waals surface area contributed by atoms with Crippen LogP contribution in [0.4, 0.5) is 4.39 Å². The summed E-state index contributed by atoms with van der Waals surface area (Å²) < 4.78 is 12.9. The topological polar surface area (TPSA) is 26.0 Å². The maximum atomic E-state index is 12.9. The van der Waals surface area contributed by atoms with Gasteiger partial charge in [-0.1, -0.05) is 42.0 Å². The van der Waals surface area contributed by atoms with Gasteiger partial charge in [-0.25, -0.2) is 4.39 Å². The van der Waals surface area contributed by atoms with Crippen LogP contribution in [0.3, 0.4) is 0 Å². The second-order valence-electron chi connectivity index (χ2n) is 5.09. The van der Waals surface area contributed by atoms with Gasteiger partial charge in [0.05, 0.1) is 0 Å². The smallest absolute Gasteiger partial charge is 0.123 e. The molecule has 0 fully saturated rings. The molecule has 0 bridgehead atoms. The normalized spacial score (nSPS) is 14.2. The number of aryl methyl sites for hydroxylation is 1. The molecule has 2 rings (SSSR count). The molecule has 0 spiro atoms. The summed E-state index contributed by atoms with van der Waals surface area (Å²) >= 11 is 0. The maximum absolute atomic E-state index is 12.9. The molecule has 0 aliphatic carbocycles. The number of rotatable bonds is 3. The van der Waals surface area contributed by atoms with E-state index in [0.29, 0.717) is 6.42 Å². The summed E-state index contributed by atoms with van der Waals surface area (Å²) in [6.07, 6.45) is 0.691. The fraction of sp³-hybridized carbons (Fsp3) is 0.250. The Kier molecular flexibility index (Phi) is 3.48. The molecule has 2 heteroatoms. The van der Waals surface area contributed by atoms with Gasteiger partial charge in [0.15, 0.2) is 0 Å². The van der Waals surface area contributed by atoms with Gasteiger partial charge in [0.1, 0.15) is 5.82 Å². The van der Waals surface area contributed by atoms with E-state index in [1.165, 1.54) is 17.7 Å². The van der Waals surface area contributed by atoms with Crippen molar-refractivity contribution in [2.75, 3.05) is 0 Å². The predicted molar refractivity (Wildman–Crippen MR) is 72.8 cm³/mol. The summed E-state index contributed by atoms with van der Waals surface area (Å²) in [4.78, 5) is 0. The van der Waals surface area contributed by atoms with Crippen molar-refractivity contribution in [3.05, 3.63) is 71.0 Å². The standard InChI is InChI=1S/C16H18FN/c1-12-3-7-14(8-4-12)16(2,18)11-13-5-9-15(17)10-6-13/h3-10H,11,18H2,1-2H3. The first-order valence-electron chi connectivity index (χ1n) is 6.08. The summed E-state index contributed by atoms with van der Waals surface area (Å²) in [5.74, 6) is -0.215. The van der Waals surface area contributed by atoms with E-state index in [0.717, 1.165) is 11.1 Å². The molecule has 2 aromatic carbocycles. The highest BCUT2D eigenvalue weighted by Gasteiger charge is 2.21. The minimum absolute atomic E-state index is 0.215. The van der Waals surface area contributed by atoms with E-state index in [4.69, 9.17) is 5.73 Å².